The third kappa shape index (κ3) is 3.75. The van der Waals surface area contributed by atoms with Crippen LogP contribution in [0.3, 0.4) is 0 Å². The van der Waals surface area contributed by atoms with Gasteiger partial charge in [0.2, 0.25) is 10.0 Å². The number of sulfonamides is 1. The van der Waals surface area contributed by atoms with E-state index in [1.807, 2.05) is 25.3 Å². The molecule has 1 N–H and O–H groups in total. The first-order chi connectivity index (χ1) is 13.8. The molecule has 0 bridgehead atoms. The predicted molar refractivity (Wildman–Crippen MR) is 109 cm³/mol. The van der Waals surface area contributed by atoms with Gasteiger partial charge in [0, 0.05) is 30.1 Å². The van der Waals surface area contributed by atoms with Crippen LogP contribution in [0.2, 0.25) is 0 Å². The fraction of sp³-hybridized carbons (Fsp3) is 0.368. The summed E-state index contributed by atoms with van der Waals surface area (Å²) in [6.45, 7) is 6.24. The molecule has 1 saturated heterocycles. The second-order valence-corrected chi connectivity index (χ2v) is 9.73. The molecular weight excluding hydrogens is 414 g/mol. The Bertz CT molecular complexity index is 1170. The van der Waals surface area contributed by atoms with Gasteiger partial charge < -0.3 is 8.83 Å². The number of carbonyl (C=O) groups is 1. The van der Waals surface area contributed by atoms with Crippen molar-refractivity contribution < 1.29 is 22.0 Å². The number of rotatable bonds is 5. The van der Waals surface area contributed by atoms with Crippen molar-refractivity contribution in [3.05, 3.63) is 40.6 Å². The van der Waals surface area contributed by atoms with Gasteiger partial charge in [-0.05, 0) is 39.7 Å². The van der Waals surface area contributed by atoms with Crippen molar-refractivity contribution >= 4 is 32.4 Å². The van der Waals surface area contributed by atoms with Gasteiger partial charge in [-0.3, -0.25) is 10.1 Å². The van der Waals surface area contributed by atoms with E-state index in [-0.39, 0.29) is 16.4 Å². The molecule has 0 aliphatic carbocycles. The number of nitrogens with zero attached hydrogens (tertiary/aromatic N) is 2. The molecule has 1 amide bonds. The summed E-state index contributed by atoms with van der Waals surface area (Å²) in [6, 6.07) is 3.18. The van der Waals surface area contributed by atoms with Crippen LogP contribution in [0.25, 0.3) is 11.3 Å². The summed E-state index contributed by atoms with van der Waals surface area (Å²) in [5.74, 6) is 1.13. The van der Waals surface area contributed by atoms with Crippen molar-refractivity contribution in [3.63, 3.8) is 0 Å². The van der Waals surface area contributed by atoms with Gasteiger partial charge in [0.25, 0.3) is 5.91 Å². The SMILES string of the molecule is Cc1cc(-c2csc(NC(=O)c3cc(S(=O)(=O)N4CCCC4)c(C)o3)n2)c(C)o1. The minimum atomic E-state index is -3.65. The van der Waals surface area contributed by atoms with Crippen LogP contribution in [0.15, 0.2) is 31.2 Å². The number of nitrogens with one attached hydrogen (secondary N) is 1. The highest BCUT2D eigenvalue weighted by molar-refractivity contribution is 7.89. The lowest BCUT2D eigenvalue weighted by Gasteiger charge is -2.14. The molecule has 3 aromatic heterocycles. The van der Waals surface area contributed by atoms with Crippen molar-refractivity contribution in [2.75, 3.05) is 18.4 Å². The first-order valence-corrected chi connectivity index (χ1v) is 11.5. The number of aromatic nitrogens is 1. The molecule has 4 rings (SSSR count). The summed E-state index contributed by atoms with van der Waals surface area (Å²) in [5.41, 5.74) is 1.57. The Balaban J connectivity index is 1.53. The average Bonchev–Trinajstić information content (AvgIpc) is 3.42. The first kappa shape index (κ1) is 19.9. The van der Waals surface area contributed by atoms with Crippen molar-refractivity contribution in [2.45, 2.75) is 38.5 Å². The molecule has 10 heteroatoms. The standard InChI is InChI=1S/C19H21N3O5S2/c1-11-8-14(12(2)26-11)15-10-28-19(20-15)21-18(23)16-9-17(13(3)27-16)29(24,25)22-6-4-5-7-22/h8-10H,4-7H2,1-3H3,(H,20,21,23). The Kier molecular flexibility index (Phi) is 5.09. The molecule has 29 heavy (non-hydrogen) atoms. The normalized spacial score (nSPS) is 15.1. The second-order valence-electron chi connectivity index (χ2n) is 6.96. The Morgan fingerprint density at radius 2 is 1.86 bits per heavy atom. The zero-order valence-corrected chi connectivity index (χ0v) is 17.9. The monoisotopic (exact) mass is 435 g/mol. The highest BCUT2D eigenvalue weighted by Crippen LogP contribution is 2.30. The van der Waals surface area contributed by atoms with E-state index in [1.165, 1.54) is 21.7 Å². The lowest BCUT2D eigenvalue weighted by atomic mass is 10.2. The second kappa shape index (κ2) is 7.43. The van der Waals surface area contributed by atoms with E-state index in [1.54, 1.807) is 6.92 Å². The van der Waals surface area contributed by atoms with E-state index >= 15 is 0 Å². The maximum atomic E-state index is 12.8. The van der Waals surface area contributed by atoms with Crippen LogP contribution in [0.1, 0.15) is 40.7 Å². The van der Waals surface area contributed by atoms with Crippen LogP contribution in [0, 0.1) is 20.8 Å². The molecule has 1 fully saturated rings. The van der Waals surface area contributed by atoms with Crippen LogP contribution in [0.5, 0.6) is 0 Å². The Labute approximate surface area is 172 Å². The molecule has 3 aromatic rings. The molecule has 4 heterocycles. The highest BCUT2D eigenvalue weighted by Gasteiger charge is 2.31. The van der Waals surface area contributed by atoms with Crippen LogP contribution < -0.4 is 5.32 Å². The van der Waals surface area contributed by atoms with Gasteiger partial charge >= 0.3 is 0 Å². The van der Waals surface area contributed by atoms with E-state index in [0.29, 0.717) is 23.9 Å². The molecule has 0 unspecified atom stereocenters. The summed E-state index contributed by atoms with van der Waals surface area (Å²) in [6.07, 6.45) is 1.68. The zero-order valence-electron chi connectivity index (χ0n) is 16.3. The number of hydrogen-bond acceptors (Lipinski definition) is 7. The number of thiazole rings is 1. The molecule has 0 spiro atoms. The van der Waals surface area contributed by atoms with Crippen molar-refractivity contribution in [3.8, 4) is 11.3 Å². The lowest BCUT2D eigenvalue weighted by molar-refractivity contribution is 0.0995. The van der Waals surface area contributed by atoms with E-state index < -0.39 is 15.9 Å². The third-order valence-corrected chi connectivity index (χ3v) is 7.58. The summed E-state index contributed by atoms with van der Waals surface area (Å²) in [7, 11) is -3.65. The lowest BCUT2D eigenvalue weighted by Crippen LogP contribution is -2.28. The quantitative estimate of drug-likeness (QED) is 0.650. The summed E-state index contributed by atoms with van der Waals surface area (Å²) in [4.78, 5) is 17.0. The maximum Gasteiger partial charge on any atom is 0.293 e. The molecule has 0 saturated carbocycles. The number of furan rings is 2. The van der Waals surface area contributed by atoms with E-state index in [4.69, 9.17) is 8.83 Å². The topological polar surface area (TPSA) is 106 Å². The minimum absolute atomic E-state index is 0.0360. The number of amides is 1. The summed E-state index contributed by atoms with van der Waals surface area (Å²) >= 11 is 1.27. The third-order valence-electron chi connectivity index (χ3n) is 4.82. The highest BCUT2D eigenvalue weighted by atomic mass is 32.2. The summed E-state index contributed by atoms with van der Waals surface area (Å²) in [5, 5.41) is 4.88. The summed E-state index contributed by atoms with van der Waals surface area (Å²) < 4.78 is 37.9. The number of aryl methyl sites for hydroxylation is 3. The Morgan fingerprint density at radius 1 is 1.14 bits per heavy atom. The van der Waals surface area contributed by atoms with Gasteiger partial charge in [-0.2, -0.15) is 4.31 Å². The van der Waals surface area contributed by atoms with Gasteiger partial charge in [0.05, 0.1) is 5.69 Å². The van der Waals surface area contributed by atoms with Gasteiger partial charge in [-0.1, -0.05) is 0 Å². The number of hydrogen-bond donors (Lipinski definition) is 1. The predicted octanol–water partition coefficient (Wildman–Crippen LogP) is 3.96. The molecular formula is C19H21N3O5S2. The molecule has 154 valence electrons. The Hall–Kier alpha value is -2.43. The largest absolute Gasteiger partial charge is 0.466 e. The molecule has 1 aliphatic rings. The molecule has 0 atom stereocenters. The minimum Gasteiger partial charge on any atom is -0.466 e. The van der Waals surface area contributed by atoms with Crippen molar-refractivity contribution in [2.24, 2.45) is 0 Å². The smallest absolute Gasteiger partial charge is 0.293 e. The molecule has 0 aromatic carbocycles. The first-order valence-electron chi connectivity index (χ1n) is 9.20. The van der Waals surface area contributed by atoms with Gasteiger partial charge in [-0.15, -0.1) is 11.3 Å². The molecule has 8 nitrogen and oxygen atoms in total. The van der Waals surface area contributed by atoms with Crippen LogP contribution in [-0.2, 0) is 10.0 Å². The fourth-order valence-corrected chi connectivity index (χ4v) is 5.78. The number of carbonyl (C=O) groups excluding carboxylic acids is 1. The maximum absolute atomic E-state index is 12.8. The Morgan fingerprint density at radius 3 is 2.52 bits per heavy atom. The van der Waals surface area contributed by atoms with E-state index in [9.17, 15) is 13.2 Å². The van der Waals surface area contributed by atoms with Gasteiger partial charge in [0.1, 0.15) is 22.2 Å². The van der Waals surface area contributed by atoms with Crippen molar-refractivity contribution in [1.82, 2.24) is 9.29 Å². The van der Waals surface area contributed by atoms with Crippen LogP contribution in [-0.4, -0.2) is 36.7 Å². The number of anilines is 1. The van der Waals surface area contributed by atoms with E-state index in [0.717, 1.165) is 29.9 Å². The van der Waals surface area contributed by atoms with E-state index in [2.05, 4.69) is 10.3 Å². The van der Waals surface area contributed by atoms with Crippen molar-refractivity contribution in [1.29, 1.82) is 0 Å². The zero-order chi connectivity index (χ0) is 20.8. The van der Waals surface area contributed by atoms with Crippen LogP contribution >= 0.6 is 11.3 Å². The van der Waals surface area contributed by atoms with Gasteiger partial charge in [0.15, 0.2) is 10.9 Å². The molecule has 1 aliphatic heterocycles. The average molecular weight is 436 g/mol. The molecule has 0 radical (unpaired) electrons. The van der Waals surface area contributed by atoms with Crippen LogP contribution in [0.4, 0.5) is 5.13 Å². The van der Waals surface area contributed by atoms with Gasteiger partial charge in [-0.25, -0.2) is 13.4 Å². The fourth-order valence-electron chi connectivity index (χ4n) is 3.40.